The topological polar surface area (TPSA) is 33.7 Å². The van der Waals surface area contributed by atoms with E-state index < -0.39 is 0 Å². The lowest BCUT2D eigenvalue weighted by molar-refractivity contribution is 0.405. The molecule has 4 nitrogen and oxygen atoms in total. The first-order chi connectivity index (χ1) is 15.6. The van der Waals surface area contributed by atoms with Gasteiger partial charge in [0.25, 0.3) is 0 Å². The summed E-state index contributed by atoms with van der Waals surface area (Å²) >= 11 is 0. The van der Waals surface area contributed by atoms with E-state index in [0.29, 0.717) is 0 Å². The van der Waals surface area contributed by atoms with Crippen LogP contribution in [0.4, 0.5) is 11.4 Å². The van der Waals surface area contributed by atoms with Crippen molar-refractivity contribution in [3.05, 3.63) is 59.2 Å². The summed E-state index contributed by atoms with van der Waals surface area (Å²) < 4.78 is 10.8. The monoisotopic (exact) mass is 446 g/mol. The van der Waals surface area contributed by atoms with Crippen molar-refractivity contribution >= 4 is 22.5 Å². The van der Waals surface area contributed by atoms with Gasteiger partial charge in [-0.25, -0.2) is 0 Å². The fourth-order valence-electron chi connectivity index (χ4n) is 5.56. The van der Waals surface area contributed by atoms with Gasteiger partial charge in [0.15, 0.2) is 0 Å². The van der Waals surface area contributed by atoms with Gasteiger partial charge in [0.1, 0.15) is 11.5 Å². The molecule has 0 saturated heterocycles. The maximum absolute atomic E-state index is 5.54. The SMILES string of the molecule is COc1ccc2c(c1)NC(C)(C)C=C2C.COc1ccc2c3c1CCCN3C(C)(C)C=C2C. The van der Waals surface area contributed by atoms with E-state index in [-0.39, 0.29) is 11.1 Å². The number of benzene rings is 2. The molecule has 0 aliphatic carbocycles. The molecule has 33 heavy (non-hydrogen) atoms. The minimum atomic E-state index is 0.0173. The van der Waals surface area contributed by atoms with Gasteiger partial charge in [-0.15, -0.1) is 0 Å². The molecule has 3 heterocycles. The summed E-state index contributed by atoms with van der Waals surface area (Å²) in [6.07, 6.45) is 6.98. The number of ether oxygens (including phenoxy) is 2. The third-order valence-electron chi connectivity index (χ3n) is 6.91. The van der Waals surface area contributed by atoms with Crippen molar-refractivity contribution < 1.29 is 9.47 Å². The minimum absolute atomic E-state index is 0.0173. The van der Waals surface area contributed by atoms with E-state index in [2.05, 4.69) is 82.1 Å². The van der Waals surface area contributed by atoms with Crippen LogP contribution in [0.3, 0.4) is 0 Å². The van der Waals surface area contributed by atoms with Gasteiger partial charge in [-0.1, -0.05) is 12.2 Å². The van der Waals surface area contributed by atoms with Crippen LogP contribution in [0.5, 0.6) is 11.5 Å². The summed E-state index contributed by atoms with van der Waals surface area (Å²) in [5, 5.41) is 3.48. The summed E-state index contributed by atoms with van der Waals surface area (Å²) in [6.45, 7) is 14.4. The van der Waals surface area contributed by atoms with Crippen LogP contribution in [0.15, 0.2) is 42.5 Å². The molecule has 3 aliphatic rings. The number of nitrogens with one attached hydrogen (secondary N) is 1. The van der Waals surface area contributed by atoms with Crippen LogP contribution in [0.1, 0.15) is 64.7 Å². The molecule has 0 amide bonds. The molecule has 0 bridgehead atoms. The van der Waals surface area contributed by atoms with Gasteiger partial charge < -0.3 is 19.7 Å². The average Bonchev–Trinajstić information content (AvgIpc) is 2.76. The highest BCUT2D eigenvalue weighted by Crippen LogP contribution is 2.46. The van der Waals surface area contributed by atoms with Gasteiger partial charge in [-0.05, 0) is 89.8 Å². The largest absolute Gasteiger partial charge is 0.497 e. The van der Waals surface area contributed by atoms with E-state index in [9.17, 15) is 0 Å². The van der Waals surface area contributed by atoms with E-state index in [1.807, 2.05) is 12.1 Å². The summed E-state index contributed by atoms with van der Waals surface area (Å²) in [5.74, 6) is 1.94. The van der Waals surface area contributed by atoms with Gasteiger partial charge >= 0.3 is 0 Å². The number of nitrogens with zero attached hydrogens (tertiary/aromatic N) is 1. The van der Waals surface area contributed by atoms with Crippen molar-refractivity contribution in [2.45, 2.75) is 65.5 Å². The van der Waals surface area contributed by atoms with Gasteiger partial charge in [-0.2, -0.15) is 0 Å². The Bertz CT molecular complexity index is 1120. The molecule has 5 rings (SSSR count). The Hall–Kier alpha value is -2.88. The lowest BCUT2D eigenvalue weighted by Crippen LogP contribution is -2.47. The Kier molecular flexibility index (Phi) is 5.98. The second-order valence-corrected chi connectivity index (χ2v) is 10.5. The standard InChI is InChI=1S/C16H21NO.C13H17NO/c1-11-10-16(2,3)17-9-5-6-13-14(18-4)8-7-12(11)15(13)17;1-9-8-13(2,3)14-12-7-10(15-4)5-6-11(9)12/h7-8,10H,5-6,9H2,1-4H3;5-8,14H,1-4H3. The molecule has 176 valence electrons. The second-order valence-electron chi connectivity index (χ2n) is 10.5. The van der Waals surface area contributed by atoms with Crippen LogP contribution in [0.25, 0.3) is 11.1 Å². The lowest BCUT2D eigenvalue weighted by Gasteiger charge is -2.46. The predicted octanol–water partition coefficient (Wildman–Crippen LogP) is 6.95. The van der Waals surface area contributed by atoms with E-state index in [4.69, 9.17) is 9.47 Å². The molecule has 4 heteroatoms. The fraction of sp³-hybridized carbons (Fsp3) is 0.448. The third-order valence-corrected chi connectivity index (χ3v) is 6.91. The van der Waals surface area contributed by atoms with Crippen molar-refractivity contribution in [1.82, 2.24) is 0 Å². The zero-order valence-electron chi connectivity index (χ0n) is 21.4. The zero-order valence-corrected chi connectivity index (χ0v) is 21.4. The van der Waals surface area contributed by atoms with Crippen LogP contribution < -0.4 is 19.7 Å². The number of methoxy groups -OCH3 is 2. The van der Waals surface area contributed by atoms with Crippen molar-refractivity contribution in [2.75, 3.05) is 31.0 Å². The van der Waals surface area contributed by atoms with Crippen LogP contribution in [0, 0.1) is 0 Å². The number of hydrogen-bond donors (Lipinski definition) is 1. The lowest BCUT2D eigenvalue weighted by atomic mass is 9.83. The van der Waals surface area contributed by atoms with Gasteiger partial charge in [0, 0.05) is 35.0 Å². The molecule has 1 N–H and O–H groups in total. The predicted molar refractivity (Wildman–Crippen MR) is 141 cm³/mol. The Morgan fingerprint density at radius 3 is 2.27 bits per heavy atom. The number of allylic oxidation sites excluding steroid dienone is 2. The normalized spacial score (nSPS) is 19.0. The van der Waals surface area contributed by atoms with Crippen molar-refractivity contribution in [3.63, 3.8) is 0 Å². The summed E-state index contributed by atoms with van der Waals surface area (Å²) in [5.41, 5.74) is 9.42. The van der Waals surface area contributed by atoms with E-state index >= 15 is 0 Å². The zero-order chi connectivity index (χ0) is 24.0. The summed E-state index contributed by atoms with van der Waals surface area (Å²) in [6, 6.07) is 10.5. The first-order valence-corrected chi connectivity index (χ1v) is 11.9. The minimum Gasteiger partial charge on any atom is -0.497 e. The molecule has 0 atom stereocenters. The second kappa shape index (κ2) is 8.48. The van der Waals surface area contributed by atoms with Crippen LogP contribution in [0.2, 0.25) is 0 Å². The molecule has 3 aliphatic heterocycles. The van der Waals surface area contributed by atoms with E-state index in [1.54, 1.807) is 14.2 Å². The van der Waals surface area contributed by atoms with Crippen LogP contribution >= 0.6 is 0 Å². The van der Waals surface area contributed by atoms with Gasteiger partial charge in [0.2, 0.25) is 0 Å². The summed E-state index contributed by atoms with van der Waals surface area (Å²) in [7, 11) is 3.46. The quantitative estimate of drug-likeness (QED) is 0.541. The third kappa shape index (κ3) is 4.36. The molecule has 0 spiro atoms. The highest BCUT2D eigenvalue weighted by atomic mass is 16.5. The molecular formula is C29H38N2O2. The van der Waals surface area contributed by atoms with Crippen LogP contribution in [-0.2, 0) is 6.42 Å². The molecule has 0 aromatic heterocycles. The molecule has 2 aromatic carbocycles. The Morgan fingerprint density at radius 1 is 0.879 bits per heavy atom. The van der Waals surface area contributed by atoms with E-state index in [1.165, 1.54) is 39.9 Å². The summed E-state index contributed by atoms with van der Waals surface area (Å²) in [4.78, 5) is 2.54. The number of hydrogen-bond acceptors (Lipinski definition) is 4. The first kappa shape index (κ1) is 23.3. The molecular weight excluding hydrogens is 408 g/mol. The maximum atomic E-state index is 5.54. The molecule has 0 saturated carbocycles. The van der Waals surface area contributed by atoms with Gasteiger partial charge in [0.05, 0.1) is 31.0 Å². The molecule has 0 fully saturated rings. The highest BCUT2D eigenvalue weighted by Gasteiger charge is 2.35. The number of fused-ring (bicyclic) bond motifs is 1. The smallest absolute Gasteiger partial charge is 0.124 e. The number of rotatable bonds is 2. The van der Waals surface area contributed by atoms with E-state index in [0.717, 1.165) is 30.2 Å². The van der Waals surface area contributed by atoms with Gasteiger partial charge in [-0.3, -0.25) is 0 Å². The Balaban J connectivity index is 0.000000160. The number of anilines is 2. The molecule has 0 unspecified atom stereocenters. The van der Waals surface area contributed by atoms with Crippen molar-refractivity contribution in [1.29, 1.82) is 0 Å². The van der Waals surface area contributed by atoms with Crippen molar-refractivity contribution in [3.8, 4) is 11.5 Å². The maximum Gasteiger partial charge on any atom is 0.124 e. The first-order valence-electron chi connectivity index (χ1n) is 11.9. The van der Waals surface area contributed by atoms with Crippen molar-refractivity contribution in [2.24, 2.45) is 0 Å². The van der Waals surface area contributed by atoms with Crippen LogP contribution in [-0.4, -0.2) is 31.8 Å². The molecule has 0 radical (unpaired) electrons. The molecule has 2 aromatic rings. The highest BCUT2D eigenvalue weighted by molar-refractivity contribution is 5.85. The Morgan fingerprint density at radius 2 is 1.58 bits per heavy atom. The average molecular weight is 447 g/mol. The fourth-order valence-corrected chi connectivity index (χ4v) is 5.56. The Labute approximate surface area is 199 Å².